The van der Waals surface area contributed by atoms with Crippen LogP contribution in [0.2, 0.25) is 0 Å². The van der Waals surface area contributed by atoms with Gasteiger partial charge in [0.1, 0.15) is 67.6 Å². The summed E-state index contributed by atoms with van der Waals surface area (Å²) < 4.78 is 48.5. The van der Waals surface area contributed by atoms with Crippen LogP contribution < -0.4 is 0 Å². The summed E-state index contributed by atoms with van der Waals surface area (Å²) >= 11 is 0. The number of rotatable bonds is 12. The van der Waals surface area contributed by atoms with Gasteiger partial charge in [0.25, 0.3) is 0 Å². The number of aliphatic hydroxyl groups excluding tert-OH is 8. The zero-order chi connectivity index (χ0) is 36.0. The van der Waals surface area contributed by atoms with E-state index in [4.69, 9.17) is 42.6 Å². The zero-order valence-electron chi connectivity index (χ0n) is 26.2. The maximum atomic E-state index is 12.2. The van der Waals surface area contributed by atoms with Gasteiger partial charge in [-0.05, 0) is 0 Å². The molecule has 0 aromatic heterocycles. The van der Waals surface area contributed by atoms with Crippen molar-refractivity contribution in [3.05, 3.63) is 0 Å². The molecule has 8 N–H and O–H groups in total. The van der Waals surface area contributed by atoms with Crippen molar-refractivity contribution in [2.45, 2.75) is 126 Å². The smallest absolute Gasteiger partial charge is 0.303 e. The first-order valence-electron chi connectivity index (χ1n) is 14.7. The normalized spacial score (nSPS) is 40.7. The van der Waals surface area contributed by atoms with E-state index in [0.29, 0.717) is 0 Å². The minimum absolute atomic E-state index is 0.692. The molecular formula is C27H42O21. The average Bonchev–Trinajstić information content (AvgIpc) is 3.00. The van der Waals surface area contributed by atoms with Gasteiger partial charge in [0.2, 0.25) is 0 Å². The first kappa shape index (κ1) is 39.8. The Balaban J connectivity index is 1.96. The van der Waals surface area contributed by atoms with E-state index in [1.54, 1.807) is 0 Å². The topological polar surface area (TPSA) is 313 Å². The molecule has 3 aliphatic rings. The monoisotopic (exact) mass is 702 g/mol. The van der Waals surface area contributed by atoms with Crippen LogP contribution in [0, 0.1) is 0 Å². The third-order valence-corrected chi connectivity index (χ3v) is 7.54. The molecule has 3 fully saturated rings. The van der Waals surface area contributed by atoms with E-state index in [9.17, 15) is 60.0 Å². The molecule has 0 radical (unpaired) electrons. The molecule has 276 valence electrons. The minimum atomic E-state index is -2.11. The van der Waals surface area contributed by atoms with Crippen molar-refractivity contribution in [1.82, 2.24) is 0 Å². The summed E-state index contributed by atoms with van der Waals surface area (Å²) in [6.45, 7) is 1.52. The standard InChI is InChI=1S/C27H42O21/c1-8(30)40-7-14(41-9(2)31)21-22(23(42-10(3)32)24(25(39)46-21)43-11(4)33)48-27-19(38)17(36)20(13(6-29)45-27)47-26-18(37)16(35)15(34)12(5-28)44-26/h12-29,34-39H,5-7H2,1-4H3/t12-,13-,14+,15+,16+,17+,18-,19-,20-,21-,22-,23+,24+,25+,26+,27?/m1/s1. The lowest BCUT2D eigenvalue weighted by Crippen LogP contribution is -2.68. The Morgan fingerprint density at radius 1 is 0.583 bits per heavy atom. The Labute approximate surface area is 272 Å². The van der Waals surface area contributed by atoms with Crippen LogP contribution in [0.5, 0.6) is 0 Å². The van der Waals surface area contributed by atoms with Crippen molar-refractivity contribution in [2.24, 2.45) is 0 Å². The van der Waals surface area contributed by atoms with Crippen LogP contribution in [0.1, 0.15) is 27.7 Å². The SMILES string of the molecule is CC(=O)OC[C@H](OC(C)=O)[C@H]1O[C@H](O)[C@@H](OC(C)=O)[C@@H](OC(C)=O)[C@@H]1OC1O[C@H](CO)[C@@H](O[C@@H]2O[C@H](CO)[C@H](O)[C@H](O)[C@H]2O)[C@@H](O)[C@H]1O. The second-order valence-corrected chi connectivity index (χ2v) is 11.2. The third-order valence-electron chi connectivity index (χ3n) is 7.54. The molecule has 48 heavy (non-hydrogen) atoms. The lowest BCUT2D eigenvalue weighted by Gasteiger charge is -2.49. The Morgan fingerprint density at radius 2 is 1.10 bits per heavy atom. The number of hydrogen-bond donors (Lipinski definition) is 8. The Bertz CT molecular complexity index is 1100. The number of esters is 4. The van der Waals surface area contributed by atoms with Crippen molar-refractivity contribution in [1.29, 1.82) is 0 Å². The van der Waals surface area contributed by atoms with Gasteiger partial charge >= 0.3 is 23.9 Å². The van der Waals surface area contributed by atoms with Crippen molar-refractivity contribution >= 4 is 23.9 Å². The second-order valence-electron chi connectivity index (χ2n) is 11.2. The molecule has 0 amide bonds. The van der Waals surface area contributed by atoms with Gasteiger partial charge in [-0.2, -0.15) is 0 Å². The van der Waals surface area contributed by atoms with E-state index in [0.717, 1.165) is 27.7 Å². The van der Waals surface area contributed by atoms with Crippen molar-refractivity contribution in [3.8, 4) is 0 Å². The Kier molecular flexibility index (Phi) is 14.4. The van der Waals surface area contributed by atoms with E-state index in [1.807, 2.05) is 0 Å². The molecule has 0 aliphatic carbocycles. The Hall–Kier alpha value is -2.64. The highest BCUT2D eigenvalue weighted by Crippen LogP contribution is 2.35. The molecule has 0 aromatic carbocycles. The first-order valence-corrected chi connectivity index (χ1v) is 14.7. The fraction of sp³-hybridized carbons (Fsp3) is 0.852. The van der Waals surface area contributed by atoms with Crippen LogP contribution in [-0.2, 0) is 61.8 Å². The number of carbonyl (C=O) groups is 4. The van der Waals surface area contributed by atoms with Crippen LogP contribution in [0.25, 0.3) is 0 Å². The van der Waals surface area contributed by atoms with Gasteiger partial charge in [0.15, 0.2) is 37.2 Å². The van der Waals surface area contributed by atoms with Gasteiger partial charge in [0.05, 0.1) is 13.2 Å². The van der Waals surface area contributed by atoms with Crippen molar-refractivity contribution in [3.63, 3.8) is 0 Å². The second kappa shape index (κ2) is 17.3. The predicted octanol–water partition coefficient (Wildman–Crippen LogP) is -5.93. The fourth-order valence-corrected chi connectivity index (χ4v) is 5.38. The average molecular weight is 703 g/mol. The molecule has 0 spiro atoms. The number of aliphatic hydroxyl groups is 8. The molecule has 3 heterocycles. The van der Waals surface area contributed by atoms with E-state index >= 15 is 0 Å². The molecule has 21 heteroatoms. The van der Waals surface area contributed by atoms with Crippen LogP contribution in [0.4, 0.5) is 0 Å². The molecule has 0 saturated carbocycles. The van der Waals surface area contributed by atoms with Gasteiger partial charge in [-0.3, -0.25) is 19.2 Å². The molecular weight excluding hydrogens is 660 g/mol. The van der Waals surface area contributed by atoms with Crippen LogP contribution in [-0.4, -0.2) is 183 Å². The predicted molar refractivity (Wildman–Crippen MR) is 145 cm³/mol. The summed E-state index contributed by atoms with van der Waals surface area (Å²) in [4.78, 5) is 47.6. The zero-order valence-corrected chi connectivity index (χ0v) is 26.2. The summed E-state index contributed by atoms with van der Waals surface area (Å²) in [7, 11) is 0. The summed E-state index contributed by atoms with van der Waals surface area (Å²) in [6.07, 6.45) is -29.0. The summed E-state index contributed by atoms with van der Waals surface area (Å²) in [6, 6.07) is 0. The van der Waals surface area contributed by atoms with Crippen LogP contribution >= 0.6 is 0 Å². The summed E-state index contributed by atoms with van der Waals surface area (Å²) in [5.74, 6) is -3.70. The Morgan fingerprint density at radius 3 is 1.62 bits per heavy atom. The maximum Gasteiger partial charge on any atom is 0.303 e. The van der Waals surface area contributed by atoms with E-state index < -0.39 is 142 Å². The number of carbonyl (C=O) groups excluding carboxylic acids is 4. The molecule has 16 atom stereocenters. The minimum Gasteiger partial charge on any atom is -0.462 e. The molecule has 3 rings (SSSR count). The van der Waals surface area contributed by atoms with Gasteiger partial charge in [-0.25, -0.2) is 0 Å². The molecule has 3 saturated heterocycles. The van der Waals surface area contributed by atoms with E-state index in [-0.39, 0.29) is 0 Å². The number of hydrogen-bond acceptors (Lipinski definition) is 21. The highest BCUT2D eigenvalue weighted by Gasteiger charge is 2.57. The largest absolute Gasteiger partial charge is 0.462 e. The molecule has 0 aromatic rings. The van der Waals surface area contributed by atoms with Crippen molar-refractivity contribution < 1.29 is 103 Å². The van der Waals surface area contributed by atoms with Crippen LogP contribution in [0.15, 0.2) is 0 Å². The summed E-state index contributed by atoms with van der Waals surface area (Å²) in [5, 5.41) is 83.0. The maximum absolute atomic E-state index is 12.2. The third kappa shape index (κ3) is 9.53. The summed E-state index contributed by atoms with van der Waals surface area (Å²) in [5.41, 5.74) is 0. The highest BCUT2D eigenvalue weighted by atomic mass is 16.8. The molecule has 0 bridgehead atoms. The van der Waals surface area contributed by atoms with Gasteiger partial charge in [-0.1, -0.05) is 0 Å². The van der Waals surface area contributed by atoms with Gasteiger partial charge in [0, 0.05) is 27.7 Å². The van der Waals surface area contributed by atoms with Gasteiger partial charge < -0.3 is 83.5 Å². The lowest BCUT2D eigenvalue weighted by atomic mass is 9.93. The van der Waals surface area contributed by atoms with Crippen LogP contribution in [0.3, 0.4) is 0 Å². The van der Waals surface area contributed by atoms with E-state index in [1.165, 1.54) is 0 Å². The highest BCUT2D eigenvalue weighted by molar-refractivity contribution is 5.68. The quantitative estimate of drug-likeness (QED) is 0.0693. The molecule has 1 unspecified atom stereocenters. The first-order chi connectivity index (χ1) is 22.5. The van der Waals surface area contributed by atoms with Gasteiger partial charge in [-0.15, -0.1) is 0 Å². The fourth-order valence-electron chi connectivity index (χ4n) is 5.38. The molecule has 21 nitrogen and oxygen atoms in total. The molecule has 3 aliphatic heterocycles. The lowest BCUT2D eigenvalue weighted by molar-refractivity contribution is -0.380. The van der Waals surface area contributed by atoms with E-state index in [2.05, 4.69) is 0 Å². The number of ether oxygens (including phenoxy) is 9. The van der Waals surface area contributed by atoms with Crippen molar-refractivity contribution in [2.75, 3.05) is 19.8 Å².